The topological polar surface area (TPSA) is 107 Å². The van der Waals surface area contributed by atoms with E-state index in [1.54, 1.807) is 16.7 Å². The number of likely N-dealkylation sites (N-methyl/N-ethyl adjacent to an activating group) is 1. The second kappa shape index (κ2) is 11.1. The fraction of sp³-hybridized carbons (Fsp3) is 0.444. The summed E-state index contributed by atoms with van der Waals surface area (Å²) >= 11 is 6.75. The molecular formula is C27H35ClN6O3. The number of piperazine rings is 1. The molecule has 0 spiro atoms. The number of carbonyl (C=O) groups is 1. The van der Waals surface area contributed by atoms with Crippen molar-refractivity contribution < 1.29 is 15.0 Å². The van der Waals surface area contributed by atoms with Gasteiger partial charge in [-0.2, -0.15) is 0 Å². The number of carbonyl (C=O) groups excluding carboxylic acids is 1. The lowest BCUT2D eigenvalue weighted by Crippen LogP contribution is -2.43. The summed E-state index contributed by atoms with van der Waals surface area (Å²) < 4.78 is 1.60. The van der Waals surface area contributed by atoms with E-state index in [4.69, 9.17) is 11.6 Å². The number of halogens is 1. The zero-order valence-corrected chi connectivity index (χ0v) is 22.7. The number of aromatic nitrogens is 3. The van der Waals surface area contributed by atoms with Crippen LogP contribution in [0.5, 0.6) is 11.5 Å². The summed E-state index contributed by atoms with van der Waals surface area (Å²) in [4.78, 5) is 17.7. The number of hydrogen-bond acceptors (Lipinski definition) is 7. The molecule has 4 rings (SSSR count). The maximum Gasteiger partial charge on any atom is 0.289 e. The molecule has 0 aliphatic carbocycles. The minimum atomic E-state index is -0.395. The number of amides is 1. The highest BCUT2D eigenvalue weighted by molar-refractivity contribution is 6.31. The van der Waals surface area contributed by atoms with Gasteiger partial charge in [-0.25, -0.2) is 0 Å². The molecular weight excluding hydrogens is 492 g/mol. The van der Waals surface area contributed by atoms with Crippen molar-refractivity contribution >= 4 is 17.5 Å². The van der Waals surface area contributed by atoms with Crippen molar-refractivity contribution in [2.45, 2.75) is 46.2 Å². The average Bonchev–Trinajstić information content (AvgIpc) is 3.26. The molecule has 9 nitrogen and oxygen atoms in total. The Bertz CT molecular complexity index is 1280. The summed E-state index contributed by atoms with van der Waals surface area (Å²) in [5.74, 6) is -0.210. The lowest BCUT2D eigenvalue weighted by molar-refractivity contribution is 0.0930. The molecule has 2 aromatic carbocycles. The maximum atomic E-state index is 13.1. The average molecular weight is 527 g/mol. The summed E-state index contributed by atoms with van der Waals surface area (Å²) in [6.45, 7) is 12.3. The normalized spacial score (nSPS) is 15.0. The third-order valence-corrected chi connectivity index (χ3v) is 6.93. The van der Waals surface area contributed by atoms with Crippen molar-refractivity contribution in [2.75, 3.05) is 33.2 Å². The first-order valence-electron chi connectivity index (χ1n) is 12.6. The van der Waals surface area contributed by atoms with Crippen molar-refractivity contribution in [3.8, 4) is 28.6 Å². The monoisotopic (exact) mass is 526 g/mol. The Morgan fingerprint density at radius 3 is 2.35 bits per heavy atom. The van der Waals surface area contributed by atoms with E-state index >= 15 is 0 Å². The van der Waals surface area contributed by atoms with Crippen molar-refractivity contribution in [3.05, 3.63) is 52.3 Å². The van der Waals surface area contributed by atoms with E-state index in [1.165, 1.54) is 6.07 Å². The summed E-state index contributed by atoms with van der Waals surface area (Å²) in [5, 5.41) is 33.0. The van der Waals surface area contributed by atoms with Crippen LogP contribution >= 0.6 is 11.6 Å². The van der Waals surface area contributed by atoms with Gasteiger partial charge in [0.15, 0.2) is 5.82 Å². The molecule has 10 heteroatoms. The number of rotatable bonds is 7. The first-order chi connectivity index (χ1) is 17.5. The first kappa shape index (κ1) is 26.9. The molecule has 1 saturated heterocycles. The Hall–Kier alpha value is -3.14. The van der Waals surface area contributed by atoms with E-state index in [0.29, 0.717) is 21.8 Å². The largest absolute Gasteiger partial charge is 0.508 e. The molecule has 0 saturated carbocycles. The summed E-state index contributed by atoms with van der Waals surface area (Å²) in [6, 6.07) is 8.52. The lowest BCUT2D eigenvalue weighted by Gasteiger charge is -2.32. The molecule has 0 unspecified atom stereocenters. The van der Waals surface area contributed by atoms with Crippen LogP contribution in [0.2, 0.25) is 5.02 Å². The Morgan fingerprint density at radius 1 is 1.03 bits per heavy atom. The maximum absolute atomic E-state index is 13.1. The third-order valence-electron chi connectivity index (χ3n) is 6.58. The molecule has 198 valence electrons. The van der Waals surface area contributed by atoms with Crippen LogP contribution in [0.1, 0.15) is 55.4 Å². The number of benzene rings is 2. The van der Waals surface area contributed by atoms with Gasteiger partial charge in [0.2, 0.25) is 5.82 Å². The Morgan fingerprint density at radius 2 is 1.73 bits per heavy atom. The van der Waals surface area contributed by atoms with Gasteiger partial charge < -0.3 is 20.4 Å². The second-order valence-electron chi connectivity index (χ2n) is 10.2. The van der Waals surface area contributed by atoms with Crippen molar-refractivity contribution in [1.29, 1.82) is 0 Å². The number of phenols is 2. The Balaban J connectivity index is 1.79. The number of nitrogens with one attached hydrogen (secondary N) is 1. The van der Waals surface area contributed by atoms with Crippen molar-refractivity contribution in [3.63, 3.8) is 0 Å². The standard InChI is InChI=1S/C27H35ClN6O3/c1-16(2)20-13-21(24(36)14-23(20)35)25-30-31-26(27(37)29-17(3)4)34(25)19-7-6-18(22(28)12-19)15-33-10-8-32(5)9-11-33/h6-7,12-14,16-17,35-36H,8-11,15H2,1-5H3,(H,29,37). The van der Waals surface area contributed by atoms with Crippen LogP contribution in [-0.2, 0) is 6.54 Å². The molecule has 1 aliphatic heterocycles. The van der Waals surface area contributed by atoms with Gasteiger partial charge in [-0.15, -0.1) is 10.2 Å². The SMILES string of the molecule is CC(C)NC(=O)c1nnc(-c2cc(C(C)C)c(O)cc2O)n1-c1ccc(CN2CCN(C)CC2)c(Cl)c1. The predicted molar refractivity (Wildman–Crippen MR) is 145 cm³/mol. The fourth-order valence-corrected chi connectivity index (χ4v) is 4.70. The predicted octanol–water partition coefficient (Wildman–Crippen LogP) is 4.01. The van der Waals surface area contributed by atoms with Gasteiger partial charge in [-0.3, -0.25) is 14.3 Å². The van der Waals surface area contributed by atoms with E-state index < -0.39 is 5.91 Å². The van der Waals surface area contributed by atoms with Gasteiger partial charge >= 0.3 is 0 Å². The molecule has 1 aliphatic rings. The van der Waals surface area contributed by atoms with E-state index in [9.17, 15) is 15.0 Å². The molecule has 3 aromatic rings. The number of hydrogen-bond donors (Lipinski definition) is 3. The van der Waals surface area contributed by atoms with Gasteiger partial charge in [0.05, 0.1) is 11.3 Å². The third kappa shape index (κ3) is 5.89. The van der Waals surface area contributed by atoms with Crippen LogP contribution in [0.3, 0.4) is 0 Å². The molecule has 0 bridgehead atoms. The molecule has 1 aromatic heterocycles. The molecule has 1 amide bonds. The quantitative estimate of drug-likeness (QED) is 0.427. The van der Waals surface area contributed by atoms with E-state index in [0.717, 1.165) is 38.3 Å². The van der Waals surface area contributed by atoms with E-state index in [-0.39, 0.29) is 35.1 Å². The zero-order chi connectivity index (χ0) is 26.9. The minimum Gasteiger partial charge on any atom is -0.508 e. The van der Waals surface area contributed by atoms with Crippen molar-refractivity contribution in [2.24, 2.45) is 0 Å². The van der Waals surface area contributed by atoms with Crippen LogP contribution < -0.4 is 5.32 Å². The zero-order valence-electron chi connectivity index (χ0n) is 22.0. The van der Waals surface area contributed by atoms with Gasteiger partial charge in [0, 0.05) is 49.9 Å². The van der Waals surface area contributed by atoms with Crippen molar-refractivity contribution in [1.82, 2.24) is 29.9 Å². The number of nitrogens with zero attached hydrogens (tertiary/aromatic N) is 5. The van der Waals surface area contributed by atoms with Crippen LogP contribution in [0.15, 0.2) is 30.3 Å². The first-order valence-corrected chi connectivity index (χ1v) is 12.9. The molecule has 0 radical (unpaired) electrons. The minimum absolute atomic E-state index is 0.00253. The molecule has 0 atom stereocenters. The molecule has 37 heavy (non-hydrogen) atoms. The highest BCUT2D eigenvalue weighted by atomic mass is 35.5. The van der Waals surface area contributed by atoms with Gasteiger partial charge in [0.25, 0.3) is 5.91 Å². The highest BCUT2D eigenvalue weighted by Gasteiger charge is 2.25. The fourth-order valence-electron chi connectivity index (χ4n) is 4.46. The number of phenolic OH excluding ortho intramolecular Hbond substituents is 2. The summed E-state index contributed by atoms with van der Waals surface area (Å²) in [6.07, 6.45) is 0. The molecule has 1 fully saturated rings. The smallest absolute Gasteiger partial charge is 0.289 e. The Labute approximate surface area is 222 Å². The van der Waals surface area contributed by atoms with Crippen LogP contribution in [0.25, 0.3) is 17.1 Å². The van der Waals surface area contributed by atoms with E-state index in [1.807, 2.05) is 39.8 Å². The lowest BCUT2D eigenvalue weighted by atomic mass is 9.98. The van der Waals surface area contributed by atoms with Gasteiger partial charge in [-0.1, -0.05) is 31.5 Å². The van der Waals surface area contributed by atoms with E-state index in [2.05, 4.69) is 32.4 Å². The Kier molecular flexibility index (Phi) is 8.06. The van der Waals surface area contributed by atoms with Crippen LogP contribution in [0, 0.1) is 0 Å². The van der Waals surface area contributed by atoms with Crippen LogP contribution in [0.4, 0.5) is 0 Å². The summed E-state index contributed by atoms with van der Waals surface area (Å²) in [7, 11) is 2.12. The molecule has 3 N–H and O–H groups in total. The number of aromatic hydroxyl groups is 2. The summed E-state index contributed by atoms with van der Waals surface area (Å²) in [5.41, 5.74) is 2.60. The van der Waals surface area contributed by atoms with Gasteiger partial charge in [0.1, 0.15) is 11.5 Å². The van der Waals surface area contributed by atoms with Crippen LogP contribution in [-0.4, -0.2) is 80.0 Å². The molecule has 2 heterocycles. The second-order valence-corrected chi connectivity index (χ2v) is 10.7. The van der Waals surface area contributed by atoms with Gasteiger partial charge in [-0.05, 0) is 56.1 Å². The highest BCUT2D eigenvalue weighted by Crippen LogP contribution is 2.38.